The van der Waals surface area contributed by atoms with Crippen molar-refractivity contribution in [1.29, 1.82) is 0 Å². The molecule has 0 N–H and O–H groups in total. The minimum absolute atomic E-state index is 0.00144. The molecule has 0 aromatic rings. The van der Waals surface area contributed by atoms with E-state index in [9.17, 15) is 4.79 Å². The molecule has 0 amide bonds. The second-order valence-corrected chi connectivity index (χ2v) is 3.68. The molecule has 0 aliphatic carbocycles. The van der Waals surface area contributed by atoms with Crippen LogP contribution in [0.15, 0.2) is 0 Å². The minimum atomic E-state index is -0.517. The van der Waals surface area contributed by atoms with Crippen molar-refractivity contribution in [3.8, 4) is 0 Å². The zero-order valence-electron chi connectivity index (χ0n) is 6.54. The van der Waals surface area contributed by atoms with E-state index in [1.54, 1.807) is 0 Å². The average molecular weight is 176 g/mol. The van der Waals surface area contributed by atoms with Gasteiger partial charge in [0.1, 0.15) is 12.7 Å². The molecule has 3 nitrogen and oxygen atoms in total. The Balaban J connectivity index is 2.04. The highest BCUT2D eigenvalue weighted by Gasteiger charge is 2.23. The summed E-state index contributed by atoms with van der Waals surface area (Å²) < 4.78 is 9.46. The number of thioether (sulfide) groups is 1. The molecule has 1 aliphatic heterocycles. The van der Waals surface area contributed by atoms with Gasteiger partial charge in [0.05, 0.1) is 0 Å². The number of cyclic esters (lactones) is 2. The molecule has 0 aromatic carbocycles. The van der Waals surface area contributed by atoms with Crippen molar-refractivity contribution in [2.75, 3.05) is 18.1 Å². The van der Waals surface area contributed by atoms with Crippen LogP contribution >= 0.6 is 11.8 Å². The summed E-state index contributed by atoms with van der Waals surface area (Å²) in [6.07, 6.45) is 0.391. The Morgan fingerprint density at radius 3 is 3.09 bits per heavy atom. The van der Waals surface area contributed by atoms with E-state index in [4.69, 9.17) is 4.74 Å². The molecule has 4 heteroatoms. The van der Waals surface area contributed by atoms with Gasteiger partial charge in [0.25, 0.3) is 0 Å². The molecule has 1 atom stereocenters. The normalized spacial score (nSPS) is 23.0. The molecular formula is C7H12O3S. The van der Waals surface area contributed by atoms with Crippen LogP contribution < -0.4 is 0 Å². The van der Waals surface area contributed by atoms with Gasteiger partial charge in [-0.25, -0.2) is 4.79 Å². The van der Waals surface area contributed by atoms with Crippen LogP contribution in [-0.2, 0) is 9.47 Å². The molecule has 0 saturated carbocycles. The van der Waals surface area contributed by atoms with E-state index >= 15 is 0 Å². The fourth-order valence-corrected chi connectivity index (χ4v) is 1.58. The van der Waals surface area contributed by atoms with Crippen molar-refractivity contribution in [2.24, 2.45) is 0 Å². The maximum absolute atomic E-state index is 10.4. The predicted molar refractivity (Wildman–Crippen MR) is 43.8 cm³/mol. The van der Waals surface area contributed by atoms with E-state index < -0.39 is 6.16 Å². The van der Waals surface area contributed by atoms with Crippen LogP contribution in [-0.4, -0.2) is 30.4 Å². The van der Waals surface area contributed by atoms with E-state index in [2.05, 4.69) is 11.7 Å². The molecule has 0 spiro atoms. The van der Waals surface area contributed by atoms with Crippen LogP contribution in [0.25, 0.3) is 0 Å². The molecule has 1 heterocycles. The number of hydrogen-bond acceptors (Lipinski definition) is 4. The lowest BCUT2D eigenvalue weighted by Crippen LogP contribution is -2.10. The molecule has 1 fully saturated rings. The third-order valence-electron chi connectivity index (χ3n) is 1.44. The van der Waals surface area contributed by atoms with Gasteiger partial charge in [-0.15, -0.1) is 0 Å². The first-order valence-corrected chi connectivity index (χ1v) is 4.89. The number of carbonyl (C=O) groups excluding carboxylic acids is 1. The van der Waals surface area contributed by atoms with E-state index in [1.807, 2.05) is 11.8 Å². The van der Waals surface area contributed by atoms with Gasteiger partial charge in [0.15, 0.2) is 0 Å². The van der Waals surface area contributed by atoms with Gasteiger partial charge in [-0.1, -0.05) is 6.92 Å². The summed E-state index contributed by atoms with van der Waals surface area (Å²) in [7, 11) is 0. The summed E-state index contributed by atoms with van der Waals surface area (Å²) >= 11 is 1.85. The third kappa shape index (κ3) is 3.01. The molecular weight excluding hydrogens is 164 g/mol. The number of ether oxygens (including phenoxy) is 2. The van der Waals surface area contributed by atoms with Crippen LogP contribution in [0.1, 0.15) is 13.3 Å². The monoisotopic (exact) mass is 176 g/mol. The molecule has 0 radical (unpaired) electrons. The molecule has 1 saturated heterocycles. The van der Waals surface area contributed by atoms with Gasteiger partial charge in [-0.3, -0.25) is 0 Å². The van der Waals surface area contributed by atoms with Crippen molar-refractivity contribution in [3.63, 3.8) is 0 Å². The van der Waals surface area contributed by atoms with Gasteiger partial charge in [0, 0.05) is 0 Å². The van der Waals surface area contributed by atoms with Crippen LogP contribution in [0.2, 0.25) is 0 Å². The molecule has 64 valence electrons. The predicted octanol–water partition coefficient (Wildman–Crippen LogP) is 1.67. The van der Waals surface area contributed by atoms with Crippen LogP contribution in [0.5, 0.6) is 0 Å². The Hall–Kier alpha value is -0.380. The first-order valence-electron chi connectivity index (χ1n) is 3.74. The van der Waals surface area contributed by atoms with E-state index in [0.29, 0.717) is 6.61 Å². The number of hydrogen-bond donors (Lipinski definition) is 0. The zero-order chi connectivity index (χ0) is 8.10. The maximum atomic E-state index is 10.4. The lowest BCUT2D eigenvalue weighted by molar-refractivity contribution is 0.117. The Morgan fingerprint density at radius 1 is 1.73 bits per heavy atom. The summed E-state index contributed by atoms with van der Waals surface area (Å²) in [4.78, 5) is 10.4. The van der Waals surface area contributed by atoms with E-state index in [1.165, 1.54) is 0 Å². The van der Waals surface area contributed by atoms with Crippen molar-refractivity contribution in [2.45, 2.75) is 19.4 Å². The summed E-state index contributed by atoms with van der Waals surface area (Å²) in [5.41, 5.74) is 0. The molecule has 0 aromatic heterocycles. The lowest BCUT2D eigenvalue weighted by atomic mass is 10.3. The average Bonchev–Trinajstić information content (AvgIpc) is 2.37. The van der Waals surface area contributed by atoms with Crippen LogP contribution in [0.3, 0.4) is 0 Å². The Kier molecular flexibility index (Phi) is 3.56. The van der Waals surface area contributed by atoms with Gasteiger partial charge in [0.2, 0.25) is 0 Å². The Bertz CT molecular complexity index is 138. The topological polar surface area (TPSA) is 35.5 Å². The summed E-state index contributed by atoms with van der Waals surface area (Å²) in [5.74, 6) is 2.15. The smallest absolute Gasteiger partial charge is 0.430 e. The van der Waals surface area contributed by atoms with E-state index in [0.717, 1.165) is 17.9 Å². The van der Waals surface area contributed by atoms with Crippen LogP contribution in [0.4, 0.5) is 4.79 Å². The lowest BCUT2D eigenvalue weighted by Gasteiger charge is -2.03. The quantitative estimate of drug-likeness (QED) is 0.482. The standard InChI is InChI=1S/C7H12O3S/c1-2-11-4-3-6-5-9-7(8)10-6/h6H,2-5H2,1H3. The first kappa shape index (κ1) is 8.71. The van der Waals surface area contributed by atoms with Gasteiger partial charge in [-0.05, 0) is 17.9 Å². The summed E-state index contributed by atoms with van der Waals surface area (Å²) in [6.45, 7) is 2.55. The van der Waals surface area contributed by atoms with Gasteiger partial charge < -0.3 is 9.47 Å². The highest BCUT2D eigenvalue weighted by Crippen LogP contribution is 2.12. The highest BCUT2D eigenvalue weighted by atomic mass is 32.2. The Morgan fingerprint density at radius 2 is 2.55 bits per heavy atom. The van der Waals surface area contributed by atoms with Crippen LogP contribution in [0, 0.1) is 0 Å². The second-order valence-electron chi connectivity index (χ2n) is 2.29. The second kappa shape index (κ2) is 4.49. The number of rotatable bonds is 4. The van der Waals surface area contributed by atoms with Crippen molar-refractivity contribution in [3.05, 3.63) is 0 Å². The largest absolute Gasteiger partial charge is 0.508 e. The first-order chi connectivity index (χ1) is 5.33. The fourth-order valence-electron chi connectivity index (χ4n) is 0.866. The van der Waals surface area contributed by atoms with Gasteiger partial charge in [-0.2, -0.15) is 11.8 Å². The minimum Gasteiger partial charge on any atom is -0.430 e. The fraction of sp³-hybridized carbons (Fsp3) is 0.857. The number of carbonyl (C=O) groups is 1. The molecule has 1 aliphatic rings. The molecule has 1 rings (SSSR count). The van der Waals surface area contributed by atoms with Crippen molar-refractivity contribution in [1.82, 2.24) is 0 Å². The maximum Gasteiger partial charge on any atom is 0.508 e. The van der Waals surface area contributed by atoms with Crippen molar-refractivity contribution >= 4 is 17.9 Å². The van der Waals surface area contributed by atoms with Crippen molar-refractivity contribution < 1.29 is 14.3 Å². The molecule has 11 heavy (non-hydrogen) atoms. The third-order valence-corrected chi connectivity index (χ3v) is 2.37. The van der Waals surface area contributed by atoms with E-state index in [-0.39, 0.29) is 6.10 Å². The van der Waals surface area contributed by atoms with Gasteiger partial charge >= 0.3 is 6.16 Å². The summed E-state index contributed by atoms with van der Waals surface area (Å²) in [6, 6.07) is 0. The Labute approximate surface area is 70.4 Å². The molecule has 1 unspecified atom stereocenters. The molecule has 0 bridgehead atoms. The SMILES string of the molecule is CCSCCC1COC(=O)O1. The summed E-state index contributed by atoms with van der Waals surface area (Å²) in [5, 5.41) is 0. The zero-order valence-corrected chi connectivity index (χ0v) is 7.36. The highest BCUT2D eigenvalue weighted by molar-refractivity contribution is 7.99.